The third kappa shape index (κ3) is 1.05. The lowest BCUT2D eigenvalue weighted by Crippen LogP contribution is -2.25. The van der Waals surface area contributed by atoms with Gasteiger partial charge in [-0.3, -0.25) is 0 Å². The van der Waals surface area contributed by atoms with Crippen molar-refractivity contribution >= 4 is 0 Å². The molecule has 2 rings (SSSR count). The van der Waals surface area contributed by atoms with Crippen molar-refractivity contribution in [3.05, 3.63) is 28.5 Å². The van der Waals surface area contributed by atoms with Crippen molar-refractivity contribution in [3.8, 4) is 0 Å². The van der Waals surface area contributed by atoms with E-state index in [1.807, 2.05) is 6.08 Å². The highest BCUT2D eigenvalue weighted by Gasteiger charge is 2.34. The van der Waals surface area contributed by atoms with Crippen molar-refractivity contribution in [3.63, 3.8) is 0 Å². The van der Waals surface area contributed by atoms with Crippen molar-refractivity contribution in [2.24, 2.45) is 5.92 Å². The third-order valence-electron chi connectivity index (χ3n) is 2.46. The molecule has 0 aromatic rings. The van der Waals surface area contributed by atoms with Crippen molar-refractivity contribution < 1.29 is 9.50 Å². The van der Waals surface area contributed by atoms with E-state index in [-0.39, 0.29) is 0 Å². The van der Waals surface area contributed by atoms with Gasteiger partial charge >= 0.3 is 0 Å². The molecule has 0 saturated carbocycles. The van der Waals surface area contributed by atoms with E-state index >= 15 is 0 Å². The second kappa shape index (κ2) is 2.73. The zero-order chi connectivity index (χ0) is 8.55. The molecule has 0 radical (unpaired) electrons. The third-order valence-corrected chi connectivity index (χ3v) is 2.46. The van der Waals surface area contributed by atoms with Crippen molar-refractivity contribution in [2.45, 2.75) is 13.3 Å². The predicted octanol–water partition coefficient (Wildman–Crippen LogP) is 1.60. The summed E-state index contributed by atoms with van der Waals surface area (Å²) in [5, 5.41) is 0. The van der Waals surface area contributed by atoms with Gasteiger partial charge < -0.3 is 4.74 Å². The van der Waals surface area contributed by atoms with Gasteiger partial charge in [-0.05, 0) is 12.0 Å². The van der Waals surface area contributed by atoms with Gasteiger partial charge in [-0.1, -0.05) is 6.92 Å². The van der Waals surface area contributed by atoms with Crippen LogP contribution in [-0.2, 0) is 4.74 Å². The summed E-state index contributed by atoms with van der Waals surface area (Å²) in [5.74, 6) is 0.505. The highest BCUT2D eigenvalue weighted by Crippen LogP contribution is 2.30. The van der Waals surface area contributed by atoms with Gasteiger partial charge in [0, 0.05) is 21.7 Å². The maximum Gasteiger partial charge on any atom is 0.293 e. The number of hydrogen-bond acceptors (Lipinski definition) is 2. The zero-order valence-corrected chi connectivity index (χ0v) is 7.12. The Kier molecular flexibility index (Phi) is 1.71. The lowest BCUT2D eigenvalue weighted by molar-refractivity contribution is -0.505. The average molecular weight is 166 g/mol. The minimum atomic E-state index is 0.505. The Morgan fingerprint density at radius 3 is 3.25 bits per heavy atom. The largest absolute Gasteiger partial charge is 0.490 e. The molecular formula is C9H12NO2+. The molecule has 0 aromatic carbocycles. The van der Waals surface area contributed by atoms with E-state index in [1.54, 1.807) is 6.26 Å². The van der Waals surface area contributed by atoms with Crippen LogP contribution in [0.3, 0.4) is 0 Å². The second-order valence-electron chi connectivity index (χ2n) is 3.29. The Hall–Kier alpha value is -1.12. The molecule has 1 fully saturated rings. The van der Waals surface area contributed by atoms with Gasteiger partial charge in [0.05, 0.1) is 0 Å². The summed E-state index contributed by atoms with van der Waals surface area (Å²) >= 11 is 0. The number of nitrogens with zero attached hydrogens (tertiary/aromatic N) is 1. The number of nitroso groups, excluding NO2 is 1. The molecule has 12 heavy (non-hydrogen) atoms. The van der Waals surface area contributed by atoms with Gasteiger partial charge in [0.25, 0.3) is 5.70 Å². The number of rotatable bonds is 0. The van der Waals surface area contributed by atoms with Crippen LogP contribution >= 0.6 is 0 Å². The summed E-state index contributed by atoms with van der Waals surface area (Å²) in [6.07, 6.45) is 4.54. The topological polar surface area (TPSA) is 29.3 Å². The fraction of sp³-hybridized carbons (Fsp3) is 0.556. The minimum Gasteiger partial charge on any atom is -0.490 e. The molecule has 3 nitrogen and oxygen atoms in total. The molecule has 0 amide bonds. The Labute approximate surface area is 71.3 Å². The van der Waals surface area contributed by atoms with Crippen LogP contribution in [0, 0.1) is 10.8 Å². The lowest BCUT2D eigenvalue weighted by atomic mass is 9.91. The van der Waals surface area contributed by atoms with Crippen molar-refractivity contribution in [2.75, 3.05) is 13.2 Å². The van der Waals surface area contributed by atoms with Crippen LogP contribution < -0.4 is 0 Å². The summed E-state index contributed by atoms with van der Waals surface area (Å²) in [4.78, 5) is 11.3. The summed E-state index contributed by atoms with van der Waals surface area (Å²) in [5.41, 5.74) is 1.88. The van der Waals surface area contributed by atoms with E-state index in [0.29, 0.717) is 19.1 Å². The molecule has 0 bridgehead atoms. The Morgan fingerprint density at radius 2 is 2.50 bits per heavy atom. The zero-order valence-electron chi connectivity index (χ0n) is 7.12. The summed E-state index contributed by atoms with van der Waals surface area (Å²) in [6.45, 7) is 3.35. The molecule has 64 valence electrons. The van der Waals surface area contributed by atoms with Crippen molar-refractivity contribution in [1.82, 2.24) is 0 Å². The van der Waals surface area contributed by atoms with Crippen LogP contribution in [0.15, 0.2) is 23.6 Å². The first-order chi connectivity index (χ1) is 5.79. The molecule has 2 heterocycles. The van der Waals surface area contributed by atoms with E-state index in [2.05, 4.69) is 6.92 Å². The normalized spacial score (nSPS) is 28.4. The number of allylic oxidation sites excluding steroid dienone is 1. The molecule has 0 spiro atoms. The quantitative estimate of drug-likeness (QED) is 0.511. The fourth-order valence-corrected chi connectivity index (χ4v) is 1.68. The molecule has 1 saturated heterocycles. The van der Waals surface area contributed by atoms with Gasteiger partial charge in [-0.25, -0.2) is 0 Å². The van der Waals surface area contributed by atoms with Crippen LogP contribution in [-0.4, -0.2) is 17.9 Å². The molecule has 0 aromatic heterocycles. The van der Waals surface area contributed by atoms with Crippen LogP contribution in [0.4, 0.5) is 0 Å². The van der Waals surface area contributed by atoms with E-state index in [1.165, 1.54) is 0 Å². The van der Waals surface area contributed by atoms with Gasteiger partial charge in [-0.2, -0.15) is 0 Å². The standard InChI is InChI=1S/C9H12NO2/c1-7-2-4-10(11)9-6-12-5-3-8(7)9/h3,6-7H,2,4-5H2,1H3/q+1. The molecule has 3 heteroatoms. The Morgan fingerprint density at radius 1 is 1.67 bits per heavy atom. The van der Waals surface area contributed by atoms with E-state index < -0.39 is 0 Å². The van der Waals surface area contributed by atoms with Crippen molar-refractivity contribution in [1.29, 1.82) is 0 Å². The average Bonchev–Trinajstić information content (AvgIpc) is 2.12. The number of hydrogen-bond donors (Lipinski definition) is 0. The van der Waals surface area contributed by atoms with Gasteiger partial charge in [-0.15, -0.1) is 0 Å². The smallest absolute Gasteiger partial charge is 0.293 e. The summed E-state index contributed by atoms with van der Waals surface area (Å²) in [6, 6.07) is 0. The Bertz CT molecular complexity index is 278. The highest BCUT2D eigenvalue weighted by atomic mass is 16.5. The molecule has 0 aliphatic carbocycles. The highest BCUT2D eigenvalue weighted by molar-refractivity contribution is 5.29. The molecule has 0 N–H and O–H groups in total. The molecular weight excluding hydrogens is 154 g/mol. The van der Waals surface area contributed by atoms with Gasteiger partial charge in [0.15, 0.2) is 12.8 Å². The van der Waals surface area contributed by atoms with E-state index in [0.717, 1.165) is 22.5 Å². The van der Waals surface area contributed by atoms with Crippen LogP contribution in [0.5, 0.6) is 0 Å². The lowest BCUT2D eigenvalue weighted by Gasteiger charge is -2.19. The predicted molar refractivity (Wildman–Crippen MR) is 44.4 cm³/mol. The van der Waals surface area contributed by atoms with E-state index in [4.69, 9.17) is 4.74 Å². The molecule has 1 unspecified atom stereocenters. The van der Waals surface area contributed by atoms with Crippen LogP contribution in [0.25, 0.3) is 0 Å². The van der Waals surface area contributed by atoms with Gasteiger partial charge in [0.1, 0.15) is 6.61 Å². The number of piperidine rings is 1. The fourth-order valence-electron chi connectivity index (χ4n) is 1.68. The van der Waals surface area contributed by atoms with Crippen LogP contribution in [0.2, 0.25) is 0 Å². The molecule has 1 atom stereocenters. The minimum absolute atomic E-state index is 0.505. The Balaban J connectivity index is 2.34. The SMILES string of the molecule is CC1CC[N+](=O)C2=COCC=C21. The molecule has 2 aliphatic rings. The number of fused-ring (bicyclic) bond motifs is 1. The van der Waals surface area contributed by atoms with Crippen LogP contribution in [0.1, 0.15) is 13.3 Å². The molecule has 2 aliphatic heterocycles. The maximum absolute atomic E-state index is 11.3. The summed E-state index contributed by atoms with van der Waals surface area (Å²) in [7, 11) is 0. The second-order valence-corrected chi connectivity index (χ2v) is 3.29. The summed E-state index contributed by atoms with van der Waals surface area (Å²) < 4.78 is 6.10. The first-order valence-electron chi connectivity index (χ1n) is 4.26. The van der Waals surface area contributed by atoms with Gasteiger partial charge in [0.2, 0.25) is 0 Å². The maximum atomic E-state index is 11.3. The number of ether oxygens (including phenoxy) is 1. The van der Waals surface area contributed by atoms with E-state index in [9.17, 15) is 4.91 Å². The first-order valence-corrected chi connectivity index (χ1v) is 4.26. The monoisotopic (exact) mass is 166 g/mol. The first kappa shape index (κ1) is 7.53.